The van der Waals surface area contributed by atoms with E-state index >= 15 is 0 Å². The van der Waals surface area contributed by atoms with E-state index in [0.29, 0.717) is 25.9 Å². The molecule has 2 amide bonds. The van der Waals surface area contributed by atoms with Crippen molar-refractivity contribution in [2.75, 3.05) is 53.5 Å². The van der Waals surface area contributed by atoms with Crippen molar-refractivity contribution in [3.63, 3.8) is 0 Å². The maximum atomic E-state index is 12.0. The van der Waals surface area contributed by atoms with Gasteiger partial charge in [0.2, 0.25) is 11.8 Å². The normalized spacial score (nSPS) is 10.8. The van der Waals surface area contributed by atoms with E-state index in [-0.39, 0.29) is 11.8 Å². The minimum atomic E-state index is 0.106. The molecule has 0 aliphatic heterocycles. The van der Waals surface area contributed by atoms with Crippen molar-refractivity contribution < 1.29 is 19.1 Å². The molecule has 0 aliphatic carbocycles. The zero-order valence-corrected chi connectivity index (χ0v) is 24.6. The number of amides is 2. The van der Waals surface area contributed by atoms with Gasteiger partial charge in [-0.3, -0.25) is 9.59 Å². The van der Waals surface area contributed by atoms with Gasteiger partial charge >= 0.3 is 0 Å². The molecule has 0 aromatic heterocycles. The van der Waals surface area contributed by atoms with Crippen molar-refractivity contribution in [2.45, 2.75) is 64.2 Å². The first kappa shape index (κ1) is 33.1. The largest absolute Gasteiger partial charge is 0.497 e. The van der Waals surface area contributed by atoms with Crippen LogP contribution in [0.25, 0.3) is 0 Å². The number of carbonyl (C=O) groups excluding carboxylic acids is 2. The van der Waals surface area contributed by atoms with Crippen LogP contribution in [0.5, 0.6) is 11.5 Å². The molecule has 0 saturated carbocycles. The number of aryl methyl sites for hydroxylation is 2. The van der Waals surface area contributed by atoms with E-state index in [1.165, 1.54) is 25.7 Å². The van der Waals surface area contributed by atoms with Crippen LogP contribution < -0.4 is 30.7 Å². The number of rotatable bonds is 23. The average Bonchev–Trinajstić information content (AvgIpc) is 2.99. The second-order valence-electron chi connectivity index (χ2n) is 10.0. The fourth-order valence-corrected chi connectivity index (χ4v) is 4.26. The molecule has 0 saturated heterocycles. The number of ether oxygens (including phenoxy) is 2. The molecule has 0 heterocycles. The molecule has 0 radical (unpaired) electrons. The first-order chi connectivity index (χ1) is 19.6. The molecule has 8 nitrogen and oxygen atoms in total. The molecule has 0 atom stereocenters. The van der Waals surface area contributed by atoms with Gasteiger partial charge in [0.25, 0.3) is 0 Å². The van der Waals surface area contributed by atoms with Crippen LogP contribution in [0.15, 0.2) is 48.5 Å². The topological polar surface area (TPSA) is 101 Å². The summed E-state index contributed by atoms with van der Waals surface area (Å²) in [5.74, 6) is 1.88. The molecule has 0 bridgehead atoms. The van der Waals surface area contributed by atoms with Gasteiger partial charge in [0.1, 0.15) is 11.5 Å². The molecule has 0 unspecified atom stereocenters. The summed E-state index contributed by atoms with van der Waals surface area (Å²) in [7, 11) is 3.30. The molecule has 222 valence electrons. The van der Waals surface area contributed by atoms with Gasteiger partial charge in [-0.05, 0) is 100 Å². The van der Waals surface area contributed by atoms with Crippen molar-refractivity contribution in [1.82, 2.24) is 21.3 Å². The van der Waals surface area contributed by atoms with E-state index in [1.54, 1.807) is 14.2 Å². The van der Waals surface area contributed by atoms with Gasteiger partial charge in [-0.25, -0.2) is 0 Å². The molecule has 2 aromatic rings. The van der Waals surface area contributed by atoms with Gasteiger partial charge in [0, 0.05) is 25.9 Å². The Hall–Kier alpha value is -3.10. The van der Waals surface area contributed by atoms with Crippen LogP contribution in [0.2, 0.25) is 0 Å². The maximum Gasteiger partial charge on any atom is 0.220 e. The summed E-state index contributed by atoms with van der Waals surface area (Å²) in [6, 6.07) is 15.7. The highest BCUT2D eigenvalue weighted by atomic mass is 16.5. The van der Waals surface area contributed by atoms with E-state index in [1.807, 2.05) is 48.5 Å². The second-order valence-corrected chi connectivity index (χ2v) is 10.0. The second kappa shape index (κ2) is 21.7. The number of methoxy groups -OCH3 is 2. The van der Waals surface area contributed by atoms with Crippen LogP contribution in [0.4, 0.5) is 0 Å². The molecule has 40 heavy (non-hydrogen) atoms. The van der Waals surface area contributed by atoms with E-state index < -0.39 is 0 Å². The fraction of sp³-hybridized carbons (Fsp3) is 0.562. The fourth-order valence-electron chi connectivity index (χ4n) is 4.26. The van der Waals surface area contributed by atoms with E-state index in [0.717, 1.165) is 74.5 Å². The Morgan fingerprint density at radius 3 is 1.27 bits per heavy atom. The zero-order valence-electron chi connectivity index (χ0n) is 24.6. The van der Waals surface area contributed by atoms with Gasteiger partial charge in [0.15, 0.2) is 0 Å². The Morgan fingerprint density at radius 1 is 0.525 bits per heavy atom. The first-order valence-electron chi connectivity index (χ1n) is 14.8. The summed E-state index contributed by atoms with van der Waals surface area (Å²) in [5, 5.41) is 12.9. The molecule has 2 rings (SSSR count). The molecule has 0 aliphatic rings. The third-order valence-corrected chi connectivity index (χ3v) is 6.76. The summed E-state index contributed by atoms with van der Waals surface area (Å²) in [6.07, 6.45) is 9.20. The standard InChI is InChI=1S/C32H50N4O4/c1-39-29-15-9-27(10-16-29)13-19-31(37)35-25-7-23-33-21-5-3-4-6-22-34-24-8-26-36-32(38)20-14-28-11-17-30(40-2)18-12-28/h9-12,15-18,33-34H,3-8,13-14,19-26H2,1-2H3,(H,35,37)(H,36,38). The average molecular weight is 555 g/mol. The number of carbonyl (C=O) groups is 2. The highest BCUT2D eigenvalue weighted by molar-refractivity contribution is 5.76. The predicted molar refractivity (Wildman–Crippen MR) is 162 cm³/mol. The minimum Gasteiger partial charge on any atom is -0.497 e. The van der Waals surface area contributed by atoms with Crippen molar-refractivity contribution in [2.24, 2.45) is 0 Å². The Kier molecular flexibility index (Phi) is 18.0. The number of hydrogen-bond donors (Lipinski definition) is 4. The Bertz CT molecular complexity index is 857. The zero-order chi connectivity index (χ0) is 28.7. The number of benzene rings is 2. The van der Waals surface area contributed by atoms with E-state index in [4.69, 9.17) is 9.47 Å². The van der Waals surface area contributed by atoms with Crippen LogP contribution in [0.1, 0.15) is 62.5 Å². The minimum absolute atomic E-state index is 0.106. The molecule has 4 N–H and O–H groups in total. The highest BCUT2D eigenvalue weighted by Gasteiger charge is 2.03. The van der Waals surface area contributed by atoms with Crippen LogP contribution >= 0.6 is 0 Å². The van der Waals surface area contributed by atoms with Gasteiger partial charge in [-0.1, -0.05) is 37.1 Å². The van der Waals surface area contributed by atoms with Gasteiger partial charge in [-0.15, -0.1) is 0 Å². The van der Waals surface area contributed by atoms with Crippen LogP contribution in [-0.2, 0) is 22.4 Å². The maximum absolute atomic E-state index is 12.0. The van der Waals surface area contributed by atoms with Crippen molar-refractivity contribution in [3.05, 3.63) is 59.7 Å². The van der Waals surface area contributed by atoms with Crippen LogP contribution in [0.3, 0.4) is 0 Å². The third-order valence-electron chi connectivity index (χ3n) is 6.76. The van der Waals surface area contributed by atoms with E-state index in [2.05, 4.69) is 21.3 Å². The molecular formula is C32H50N4O4. The third kappa shape index (κ3) is 16.1. The molecular weight excluding hydrogens is 504 g/mol. The van der Waals surface area contributed by atoms with Gasteiger partial charge in [0.05, 0.1) is 14.2 Å². The SMILES string of the molecule is COc1ccc(CCC(=O)NCCCNCCCCCCNCCCNC(=O)CCc2ccc(OC)cc2)cc1. The van der Waals surface area contributed by atoms with Crippen molar-refractivity contribution >= 4 is 11.8 Å². The lowest BCUT2D eigenvalue weighted by molar-refractivity contribution is -0.121. The quantitative estimate of drug-likeness (QED) is 0.155. The smallest absolute Gasteiger partial charge is 0.220 e. The Labute approximate surface area is 241 Å². The molecule has 0 fully saturated rings. The van der Waals surface area contributed by atoms with Gasteiger partial charge in [-0.2, -0.15) is 0 Å². The predicted octanol–water partition coefficient (Wildman–Crippen LogP) is 4.02. The molecule has 2 aromatic carbocycles. The lowest BCUT2D eigenvalue weighted by Gasteiger charge is -2.08. The van der Waals surface area contributed by atoms with Crippen molar-refractivity contribution in [3.8, 4) is 11.5 Å². The summed E-state index contributed by atoms with van der Waals surface area (Å²) in [6.45, 7) is 5.34. The lowest BCUT2D eigenvalue weighted by Crippen LogP contribution is -2.28. The summed E-state index contributed by atoms with van der Waals surface area (Å²) >= 11 is 0. The van der Waals surface area contributed by atoms with Crippen LogP contribution in [0, 0.1) is 0 Å². The highest BCUT2D eigenvalue weighted by Crippen LogP contribution is 2.13. The van der Waals surface area contributed by atoms with Crippen LogP contribution in [-0.4, -0.2) is 65.3 Å². The number of hydrogen-bond acceptors (Lipinski definition) is 6. The Balaban J connectivity index is 1.28. The molecule has 0 spiro atoms. The van der Waals surface area contributed by atoms with Gasteiger partial charge < -0.3 is 30.7 Å². The Morgan fingerprint density at radius 2 is 0.900 bits per heavy atom. The number of nitrogens with one attached hydrogen (secondary N) is 4. The monoisotopic (exact) mass is 554 g/mol. The van der Waals surface area contributed by atoms with E-state index in [9.17, 15) is 9.59 Å². The number of unbranched alkanes of at least 4 members (excludes halogenated alkanes) is 3. The first-order valence-corrected chi connectivity index (χ1v) is 14.8. The summed E-state index contributed by atoms with van der Waals surface area (Å²) < 4.78 is 10.3. The molecule has 8 heteroatoms. The summed E-state index contributed by atoms with van der Waals surface area (Å²) in [5.41, 5.74) is 2.29. The summed E-state index contributed by atoms with van der Waals surface area (Å²) in [4.78, 5) is 24.0. The van der Waals surface area contributed by atoms with Crippen molar-refractivity contribution in [1.29, 1.82) is 0 Å². The lowest BCUT2D eigenvalue weighted by atomic mass is 10.1.